The highest BCUT2D eigenvalue weighted by molar-refractivity contribution is 7.25. The zero-order valence-electron chi connectivity index (χ0n) is 21.9. The summed E-state index contributed by atoms with van der Waals surface area (Å²) < 4.78 is 2.46. The SMILES string of the molecule is c1ccc(-c2cccc(-c3nc(-c4cnc5ccccc5c4)nc(-c4cccc5sc6ccccc6c45)n3)c2)cc1. The van der Waals surface area contributed by atoms with E-state index in [-0.39, 0.29) is 0 Å². The van der Waals surface area contributed by atoms with Gasteiger partial charge in [0, 0.05) is 48.4 Å². The normalized spacial score (nSPS) is 11.4. The van der Waals surface area contributed by atoms with Crippen molar-refractivity contribution in [2.75, 3.05) is 0 Å². The molecule has 0 aliphatic heterocycles. The van der Waals surface area contributed by atoms with Gasteiger partial charge >= 0.3 is 0 Å². The summed E-state index contributed by atoms with van der Waals surface area (Å²) in [5, 5.41) is 3.43. The molecule has 4 nitrogen and oxygen atoms in total. The first kappa shape index (κ1) is 23.6. The molecule has 0 N–H and O–H groups in total. The number of hydrogen-bond donors (Lipinski definition) is 0. The molecule has 5 aromatic carbocycles. The Labute approximate surface area is 240 Å². The summed E-state index contributed by atoms with van der Waals surface area (Å²) in [6.45, 7) is 0. The summed E-state index contributed by atoms with van der Waals surface area (Å²) in [7, 11) is 0. The summed E-state index contributed by atoms with van der Waals surface area (Å²) in [4.78, 5) is 19.9. The van der Waals surface area contributed by atoms with E-state index in [2.05, 4.69) is 103 Å². The highest BCUT2D eigenvalue weighted by Crippen LogP contribution is 2.39. The van der Waals surface area contributed by atoms with E-state index >= 15 is 0 Å². The second-order valence-electron chi connectivity index (χ2n) is 9.95. The first-order chi connectivity index (χ1) is 20.3. The van der Waals surface area contributed by atoms with Crippen LogP contribution in [0.25, 0.3) is 76.4 Å². The first-order valence-corrected chi connectivity index (χ1v) is 14.3. The van der Waals surface area contributed by atoms with Crippen LogP contribution in [0.4, 0.5) is 0 Å². The number of hydrogen-bond acceptors (Lipinski definition) is 5. The first-order valence-electron chi connectivity index (χ1n) is 13.5. The molecule has 3 aromatic heterocycles. The van der Waals surface area contributed by atoms with E-state index in [4.69, 9.17) is 19.9 Å². The molecule has 0 saturated carbocycles. The predicted molar refractivity (Wildman–Crippen MR) is 170 cm³/mol. The maximum atomic E-state index is 5.10. The van der Waals surface area contributed by atoms with Crippen molar-refractivity contribution >= 4 is 42.4 Å². The van der Waals surface area contributed by atoms with Crippen LogP contribution in [0.3, 0.4) is 0 Å². The summed E-state index contributed by atoms with van der Waals surface area (Å²) in [6.07, 6.45) is 1.85. The number of thiophene rings is 1. The Balaban J connectivity index is 1.37. The summed E-state index contributed by atoms with van der Waals surface area (Å²) >= 11 is 1.79. The second-order valence-corrected chi connectivity index (χ2v) is 11.0. The highest BCUT2D eigenvalue weighted by Gasteiger charge is 2.17. The minimum absolute atomic E-state index is 0.602. The van der Waals surface area contributed by atoms with Crippen molar-refractivity contribution in [2.45, 2.75) is 0 Å². The minimum Gasteiger partial charge on any atom is -0.255 e. The standard InChI is InChI=1S/C36H22N4S/c1-2-10-23(11-3-1)24-13-8-14-26(20-24)34-38-35(27-21-25-12-4-6-17-30(25)37-22-27)40-36(39-34)29-16-9-19-32-33(29)28-15-5-7-18-31(28)41-32/h1-22H. The monoisotopic (exact) mass is 542 g/mol. The smallest absolute Gasteiger partial charge is 0.165 e. The zero-order chi connectivity index (χ0) is 27.2. The molecule has 0 spiro atoms. The largest absolute Gasteiger partial charge is 0.255 e. The van der Waals surface area contributed by atoms with Crippen molar-refractivity contribution in [2.24, 2.45) is 0 Å². The highest BCUT2D eigenvalue weighted by atomic mass is 32.1. The van der Waals surface area contributed by atoms with Gasteiger partial charge in [-0.25, -0.2) is 15.0 Å². The van der Waals surface area contributed by atoms with Gasteiger partial charge in [0.2, 0.25) is 0 Å². The van der Waals surface area contributed by atoms with E-state index in [9.17, 15) is 0 Å². The van der Waals surface area contributed by atoms with Crippen molar-refractivity contribution in [1.29, 1.82) is 0 Å². The lowest BCUT2D eigenvalue weighted by molar-refractivity contribution is 1.07. The van der Waals surface area contributed by atoms with Crippen LogP contribution in [-0.2, 0) is 0 Å². The Morgan fingerprint density at radius 2 is 1.15 bits per heavy atom. The van der Waals surface area contributed by atoms with Crippen LogP contribution in [0.1, 0.15) is 0 Å². The molecule has 0 atom stereocenters. The maximum Gasteiger partial charge on any atom is 0.165 e. The molecule has 3 heterocycles. The van der Waals surface area contributed by atoms with Gasteiger partial charge in [0.05, 0.1) is 5.52 Å². The average molecular weight is 543 g/mol. The number of nitrogens with zero attached hydrogens (tertiary/aromatic N) is 4. The van der Waals surface area contributed by atoms with Gasteiger partial charge in [0.15, 0.2) is 17.5 Å². The third-order valence-electron chi connectivity index (χ3n) is 7.36. The number of fused-ring (bicyclic) bond motifs is 4. The number of pyridine rings is 1. The molecule has 192 valence electrons. The van der Waals surface area contributed by atoms with Crippen molar-refractivity contribution < 1.29 is 0 Å². The van der Waals surface area contributed by atoms with Gasteiger partial charge in [0.25, 0.3) is 0 Å². The summed E-state index contributed by atoms with van der Waals surface area (Å²) in [6, 6.07) is 43.9. The van der Waals surface area contributed by atoms with Gasteiger partial charge in [-0.15, -0.1) is 11.3 Å². The molecule has 0 aliphatic carbocycles. The van der Waals surface area contributed by atoms with E-state index in [0.29, 0.717) is 17.5 Å². The van der Waals surface area contributed by atoms with Crippen LogP contribution in [0.5, 0.6) is 0 Å². The Kier molecular flexibility index (Phi) is 5.61. The van der Waals surface area contributed by atoms with E-state index in [1.54, 1.807) is 11.3 Å². The van der Waals surface area contributed by atoms with E-state index in [1.165, 1.54) is 20.2 Å². The van der Waals surface area contributed by atoms with Crippen LogP contribution < -0.4 is 0 Å². The van der Waals surface area contributed by atoms with Gasteiger partial charge in [-0.05, 0) is 41.5 Å². The number of rotatable bonds is 4. The lowest BCUT2D eigenvalue weighted by atomic mass is 10.0. The Morgan fingerprint density at radius 1 is 0.463 bits per heavy atom. The predicted octanol–water partition coefficient (Wildman–Crippen LogP) is 9.46. The summed E-state index contributed by atoms with van der Waals surface area (Å²) in [5.74, 6) is 1.88. The lowest BCUT2D eigenvalue weighted by Gasteiger charge is -2.11. The quantitative estimate of drug-likeness (QED) is 0.222. The third-order valence-corrected chi connectivity index (χ3v) is 8.49. The van der Waals surface area contributed by atoms with Crippen molar-refractivity contribution in [3.05, 3.63) is 134 Å². The molecule has 5 heteroatoms. The fraction of sp³-hybridized carbons (Fsp3) is 0. The topological polar surface area (TPSA) is 51.6 Å². The van der Waals surface area contributed by atoms with Gasteiger partial charge in [-0.2, -0.15) is 0 Å². The van der Waals surface area contributed by atoms with Crippen molar-refractivity contribution in [1.82, 2.24) is 19.9 Å². The molecule has 0 saturated heterocycles. The Morgan fingerprint density at radius 3 is 2.07 bits per heavy atom. The molecular weight excluding hydrogens is 520 g/mol. The third kappa shape index (κ3) is 4.24. The number of benzene rings is 5. The number of aromatic nitrogens is 4. The molecule has 0 aliphatic rings. The van der Waals surface area contributed by atoms with E-state index in [0.717, 1.165) is 38.7 Å². The molecule has 0 radical (unpaired) electrons. The van der Waals surface area contributed by atoms with Crippen LogP contribution in [0, 0.1) is 0 Å². The lowest BCUT2D eigenvalue weighted by Crippen LogP contribution is -2.01. The summed E-state index contributed by atoms with van der Waals surface area (Å²) in [5.41, 5.74) is 6.00. The van der Waals surface area contributed by atoms with Gasteiger partial charge in [-0.3, -0.25) is 4.98 Å². The molecule has 8 aromatic rings. The van der Waals surface area contributed by atoms with Gasteiger partial charge < -0.3 is 0 Å². The van der Waals surface area contributed by atoms with Crippen LogP contribution in [0.15, 0.2) is 134 Å². The van der Waals surface area contributed by atoms with Crippen molar-refractivity contribution in [3.8, 4) is 45.3 Å². The van der Waals surface area contributed by atoms with E-state index < -0.39 is 0 Å². The minimum atomic E-state index is 0.602. The molecule has 0 fully saturated rings. The molecule has 8 rings (SSSR count). The second kappa shape index (κ2) is 9.73. The number of para-hydroxylation sites is 1. The average Bonchev–Trinajstić information content (AvgIpc) is 3.44. The maximum absolute atomic E-state index is 5.10. The van der Waals surface area contributed by atoms with Crippen molar-refractivity contribution in [3.63, 3.8) is 0 Å². The zero-order valence-corrected chi connectivity index (χ0v) is 22.7. The van der Waals surface area contributed by atoms with Gasteiger partial charge in [-0.1, -0.05) is 97.1 Å². The molecule has 0 amide bonds. The Bertz CT molecular complexity index is 2220. The Hall–Kier alpha value is -5.26. The van der Waals surface area contributed by atoms with Gasteiger partial charge in [0.1, 0.15) is 0 Å². The van der Waals surface area contributed by atoms with E-state index in [1.807, 2.05) is 30.5 Å². The molecule has 41 heavy (non-hydrogen) atoms. The fourth-order valence-electron chi connectivity index (χ4n) is 5.38. The van der Waals surface area contributed by atoms with Crippen LogP contribution in [0.2, 0.25) is 0 Å². The molecule has 0 unspecified atom stereocenters. The molecule has 0 bridgehead atoms. The van der Waals surface area contributed by atoms with Crippen LogP contribution >= 0.6 is 11.3 Å². The van der Waals surface area contributed by atoms with Crippen LogP contribution in [-0.4, -0.2) is 19.9 Å². The fourth-order valence-corrected chi connectivity index (χ4v) is 6.51. The molecular formula is C36H22N4S.